The molecule has 0 unspecified atom stereocenters. The fourth-order valence-electron chi connectivity index (χ4n) is 0.941. The average Bonchev–Trinajstić information content (AvgIpc) is 2.13. The molecule has 2 nitrogen and oxygen atoms in total. The Morgan fingerprint density at radius 1 is 1.78 bits per heavy atom. The number of allylic oxidation sites excluding steroid dienone is 1. The Balaban J connectivity index is 2.77. The van der Waals surface area contributed by atoms with Gasteiger partial charge in [-0.1, -0.05) is 5.57 Å². The highest BCUT2D eigenvalue weighted by atomic mass is 31.2. The molecular weight excluding hydrogens is 135 g/mol. The molecule has 0 amide bonds. The van der Waals surface area contributed by atoms with Gasteiger partial charge in [0.25, 0.3) is 0 Å². The molecule has 1 atom stereocenters. The van der Waals surface area contributed by atoms with Crippen LogP contribution in [0.1, 0.15) is 13.3 Å². The predicted octanol–water partition coefficient (Wildman–Crippen LogP) is 2.22. The van der Waals surface area contributed by atoms with Crippen LogP contribution in [0.5, 0.6) is 0 Å². The van der Waals surface area contributed by atoms with Crippen LogP contribution in [-0.2, 0) is 9.09 Å². The van der Waals surface area contributed by atoms with Crippen molar-refractivity contribution in [1.82, 2.24) is 0 Å². The van der Waals surface area contributed by atoms with E-state index in [9.17, 15) is 4.57 Å². The molecule has 0 N–H and O–H groups in total. The van der Waals surface area contributed by atoms with Crippen molar-refractivity contribution in [2.75, 3.05) is 13.3 Å². The standard InChI is InChI=1S/C6H11O2P/c1-6-3-4-9(7,5-6)8-2/h5H,3-4H2,1-2H3/t9-/m1/s1. The van der Waals surface area contributed by atoms with Crippen molar-refractivity contribution in [3.05, 3.63) is 11.4 Å². The summed E-state index contributed by atoms with van der Waals surface area (Å²) in [5.41, 5.74) is 1.19. The molecule has 0 saturated heterocycles. The number of rotatable bonds is 1. The zero-order valence-corrected chi connectivity index (χ0v) is 6.65. The zero-order chi connectivity index (χ0) is 6.91. The zero-order valence-electron chi connectivity index (χ0n) is 5.76. The Labute approximate surface area is 55.4 Å². The quantitative estimate of drug-likeness (QED) is 0.530. The van der Waals surface area contributed by atoms with Gasteiger partial charge in [0.05, 0.1) is 0 Å². The summed E-state index contributed by atoms with van der Waals surface area (Å²) in [7, 11) is -0.759. The van der Waals surface area contributed by atoms with Gasteiger partial charge in [0, 0.05) is 13.3 Å². The molecule has 0 aromatic carbocycles. The first kappa shape index (κ1) is 7.04. The van der Waals surface area contributed by atoms with Gasteiger partial charge in [-0.3, -0.25) is 4.57 Å². The lowest BCUT2D eigenvalue weighted by Crippen LogP contribution is -1.80. The molecule has 0 radical (unpaired) electrons. The van der Waals surface area contributed by atoms with Crippen LogP contribution in [0.2, 0.25) is 0 Å². The third-order valence-corrected chi connectivity index (χ3v) is 3.84. The van der Waals surface area contributed by atoms with E-state index in [0.717, 1.165) is 6.42 Å². The maximum Gasteiger partial charge on any atom is 0.225 e. The summed E-state index contributed by atoms with van der Waals surface area (Å²) < 4.78 is 16.1. The molecule has 52 valence electrons. The molecule has 0 bridgehead atoms. The van der Waals surface area contributed by atoms with Crippen molar-refractivity contribution in [3.63, 3.8) is 0 Å². The summed E-state index contributed by atoms with van der Waals surface area (Å²) in [6.45, 7) is 1.98. The SMILES string of the molecule is CO[P@@]1(=O)C=C(C)CC1. The Bertz CT molecular complexity index is 183. The first-order valence-electron chi connectivity index (χ1n) is 2.99. The number of hydrogen-bond acceptors (Lipinski definition) is 2. The maximum atomic E-state index is 11.3. The average molecular weight is 146 g/mol. The number of hydrogen-bond donors (Lipinski definition) is 0. The summed E-state index contributed by atoms with van der Waals surface area (Å²) in [6, 6.07) is 0. The van der Waals surface area contributed by atoms with Gasteiger partial charge in [0.1, 0.15) is 0 Å². The molecule has 0 aromatic rings. The fourth-order valence-corrected chi connectivity index (χ4v) is 2.82. The van der Waals surface area contributed by atoms with Gasteiger partial charge in [-0.15, -0.1) is 0 Å². The lowest BCUT2D eigenvalue weighted by molar-refractivity contribution is 0.404. The van der Waals surface area contributed by atoms with Gasteiger partial charge in [-0.25, -0.2) is 0 Å². The second-order valence-corrected chi connectivity index (χ2v) is 4.88. The molecule has 1 aliphatic rings. The minimum absolute atomic E-state index is 0.704. The molecule has 0 saturated carbocycles. The molecule has 3 heteroatoms. The maximum absolute atomic E-state index is 11.3. The van der Waals surface area contributed by atoms with E-state index >= 15 is 0 Å². The molecule has 0 aromatic heterocycles. The molecule has 0 spiro atoms. The second kappa shape index (κ2) is 2.28. The highest BCUT2D eigenvalue weighted by Gasteiger charge is 2.23. The minimum Gasteiger partial charge on any atom is -0.329 e. The minimum atomic E-state index is -2.27. The van der Waals surface area contributed by atoms with Crippen LogP contribution in [0.15, 0.2) is 11.4 Å². The Kier molecular flexibility index (Phi) is 1.78. The van der Waals surface area contributed by atoms with Gasteiger partial charge >= 0.3 is 0 Å². The highest BCUT2D eigenvalue weighted by molar-refractivity contribution is 7.62. The first-order chi connectivity index (χ1) is 4.16. The smallest absolute Gasteiger partial charge is 0.225 e. The molecular formula is C6H11O2P. The van der Waals surface area contributed by atoms with E-state index in [-0.39, 0.29) is 0 Å². The predicted molar refractivity (Wildman–Crippen MR) is 37.9 cm³/mol. The van der Waals surface area contributed by atoms with Crippen molar-refractivity contribution >= 4 is 7.37 Å². The van der Waals surface area contributed by atoms with E-state index < -0.39 is 7.37 Å². The summed E-state index contributed by atoms with van der Waals surface area (Å²) in [5, 5.41) is 0. The van der Waals surface area contributed by atoms with Crippen LogP contribution in [0.3, 0.4) is 0 Å². The van der Waals surface area contributed by atoms with Crippen LogP contribution >= 0.6 is 7.37 Å². The monoisotopic (exact) mass is 146 g/mol. The van der Waals surface area contributed by atoms with Crippen molar-refractivity contribution in [1.29, 1.82) is 0 Å². The fraction of sp³-hybridized carbons (Fsp3) is 0.667. The van der Waals surface area contributed by atoms with Crippen LogP contribution < -0.4 is 0 Å². The molecule has 1 aliphatic heterocycles. The van der Waals surface area contributed by atoms with Crippen LogP contribution in [0.4, 0.5) is 0 Å². The second-order valence-electron chi connectivity index (χ2n) is 2.36. The highest BCUT2D eigenvalue weighted by Crippen LogP contribution is 2.54. The summed E-state index contributed by atoms with van der Waals surface area (Å²) in [5.74, 6) is 1.77. The van der Waals surface area contributed by atoms with E-state index in [1.54, 1.807) is 5.82 Å². The van der Waals surface area contributed by atoms with Crippen molar-refractivity contribution in [3.8, 4) is 0 Å². The molecule has 1 rings (SSSR count). The van der Waals surface area contributed by atoms with Crippen LogP contribution in [0, 0.1) is 0 Å². The van der Waals surface area contributed by atoms with Crippen molar-refractivity contribution < 1.29 is 9.09 Å². The normalized spacial score (nSPS) is 34.7. The Hall–Kier alpha value is -0.0700. The third kappa shape index (κ3) is 1.44. The van der Waals surface area contributed by atoms with Gasteiger partial charge in [0.15, 0.2) is 0 Å². The van der Waals surface area contributed by atoms with Gasteiger partial charge < -0.3 is 4.52 Å². The summed E-state index contributed by atoms with van der Waals surface area (Å²) in [4.78, 5) is 0. The van der Waals surface area contributed by atoms with Crippen molar-refractivity contribution in [2.24, 2.45) is 0 Å². The summed E-state index contributed by atoms with van der Waals surface area (Å²) in [6.07, 6.45) is 1.64. The topological polar surface area (TPSA) is 26.3 Å². The summed E-state index contributed by atoms with van der Waals surface area (Å²) >= 11 is 0. The molecule has 0 aliphatic carbocycles. The van der Waals surface area contributed by atoms with E-state index in [2.05, 4.69) is 0 Å². The first-order valence-corrected chi connectivity index (χ1v) is 4.87. The molecule has 1 heterocycles. The Morgan fingerprint density at radius 3 is 2.67 bits per heavy atom. The largest absolute Gasteiger partial charge is 0.329 e. The van der Waals surface area contributed by atoms with Gasteiger partial charge in [-0.2, -0.15) is 0 Å². The molecule has 0 fully saturated rings. The third-order valence-electron chi connectivity index (χ3n) is 1.54. The lowest BCUT2D eigenvalue weighted by atomic mass is 10.3. The Morgan fingerprint density at radius 2 is 2.44 bits per heavy atom. The van der Waals surface area contributed by atoms with E-state index in [1.165, 1.54) is 12.7 Å². The van der Waals surface area contributed by atoms with Crippen LogP contribution in [0.25, 0.3) is 0 Å². The molecule has 9 heavy (non-hydrogen) atoms. The lowest BCUT2D eigenvalue weighted by Gasteiger charge is -2.02. The van der Waals surface area contributed by atoms with Crippen LogP contribution in [-0.4, -0.2) is 13.3 Å². The van der Waals surface area contributed by atoms with E-state index in [4.69, 9.17) is 4.52 Å². The van der Waals surface area contributed by atoms with E-state index in [0.29, 0.717) is 6.16 Å². The van der Waals surface area contributed by atoms with Crippen molar-refractivity contribution in [2.45, 2.75) is 13.3 Å². The van der Waals surface area contributed by atoms with Gasteiger partial charge in [0.2, 0.25) is 7.37 Å². The van der Waals surface area contributed by atoms with E-state index in [1.807, 2.05) is 6.92 Å². The van der Waals surface area contributed by atoms with Gasteiger partial charge in [-0.05, 0) is 19.2 Å².